The zero-order valence-electron chi connectivity index (χ0n) is 9.19. The first-order valence-electron chi connectivity index (χ1n) is 4.79. The van der Waals surface area contributed by atoms with Gasteiger partial charge in [-0.2, -0.15) is 0 Å². The number of carbonyl (C=O) groups excluding carboxylic acids is 2. The summed E-state index contributed by atoms with van der Waals surface area (Å²) in [5, 5.41) is 0. The second-order valence-electron chi connectivity index (χ2n) is 2.95. The van der Waals surface area contributed by atoms with Crippen molar-refractivity contribution >= 4 is 23.6 Å². The number of hydrazine groups is 2. The van der Waals surface area contributed by atoms with Gasteiger partial charge in [0.1, 0.15) is 11.4 Å². The highest BCUT2D eigenvalue weighted by Crippen LogP contribution is 2.19. The van der Waals surface area contributed by atoms with E-state index in [-0.39, 0.29) is 11.4 Å². The summed E-state index contributed by atoms with van der Waals surface area (Å²) in [7, 11) is 0. The van der Waals surface area contributed by atoms with Crippen molar-refractivity contribution in [2.45, 2.75) is 11.8 Å². The number of hydrogen-bond acceptors (Lipinski definition) is 6. The van der Waals surface area contributed by atoms with Gasteiger partial charge in [0.05, 0.1) is 0 Å². The molecule has 0 bridgehead atoms. The number of amides is 2. The molecule has 1 aromatic heterocycles. The van der Waals surface area contributed by atoms with Crippen molar-refractivity contribution in [3.05, 3.63) is 23.5 Å². The molecule has 0 aliphatic carbocycles. The van der Waals surface area contributed by atoms with Crippen LogP contribution in [0.3, 0.4) is 0 Å². The molecule has 7 nitrogen and oxygen atoms in total. The number of thioether (sulfide) groups is 1. The minimum Gasteiger partial charge on any atom is -0.289 e. The molecular formula is C9H13N5O2S. The average molecular weight is 255 g/mol. The highest BCUT2D eigenvalue weighted by Gasteiger charge is 2.13. The lowest BCUT2D eigenvalue weighted by atomic mass is 10.3. The molecule has 0 unspecified atom stereocenters. The van der Waals surface area contributed by atoms with Crippen LogP contribution >= 0.6 is 11.8 Å². The molecule has 1 rings (SSSR count). The molecule has 0 aliphatic heterocycles. The number of nitrogens with zero attached hydrogens (tertiary/aromatic N) is 1. The number of nitrogen functional groups attached to an aromatic ring is 2. The molecule has 0 saturated carbocycles. The minimum atomic E-state index is -0.561. The predicted molar refractivity (Wildman–Crippen MR) is 63.9 cm³/mol. The Morgan fingerprint density at radius 2 is 1.71 bits per heavy atom. The molecule has 6 N–H and O–H groups in total. The SMILES string of the molecule is CCSc1cc(C(=O)NN)nc(C(=O)NN)c1. The lowest BCUT2D eigenvalue weighted by molar-refractivity contribution is 0.0943. The number of nitrogens with two attached hydrogens (primary N) is 2. The second kappa shape index (κ2) is 6.18. The maximum Gasteiger partial charge on any atom is 0.283 e. The van der Waals surface area contributed by atoms with E-state index < -0.39 is 11.8 Å². The van der Waals surface area contributed by atoms with Crippen LogP contribution in [0.25, 0.3) is 0 Å². The standard InChI is InChI=1S/C9H13N5O2S/c1-2-17-5-3-6(8(15)13-10)12-7(4-5)9(16)14-11/h3-4H,2,10-11H2,1H3,(H,13,15)(H,14,16). The predicted octanol–water partition coefficient (Wildman–Crippen LogP) is -0.599. The van der Waals surface area contributed by atoms with Gasteiger partial charge in [0, 0.05) is 4.90 Å². The second-order valence-corrected chi connectivity index (χ2v) is 4.29. The molecule has 0 fully saturated rings. The maximum absolute atomic E-state index is 11.4. The van der Waals surface area contributed by atoms with Gasteiger partial charge in [-0.05, 0) is 17.9 Å². The zero-order valence-corrected chi connectivity index (χ0v) is 10.0. The van der Waals surface area contributed by atoms with Crippen LogP contribution in [0.5, 0.6) is 0 Å². The quantitative estimate of drug-likeness (QED) is 0.246. The Kier molecular flexibility index (Phi) is 4.88. The Bertz CT molecular complexity index is 403. The smallest absolute Gasteiger partial charge is 0.283 e. The van der Waals surface area contributed by atoms with E-state index in [0.29, 0.717) is 0 Å². The summed E-state index contributed by atoms with van der Waals surface area (Å²) in [6.45, 7) is 1.95. The van der Waals surface area contributed by atoms with Crippen molar-refractivity contribution in [1.29, 1.82) is 0 Å². The van der Waals surface area contributed by atoms with E-state index in [4.69, 9.17) is 11.7 Å². The Hall–Kier alpha value is -1.64. The summed E-state index contributed by atoms with van der Waals surface area (Å²) in [6, 6.07) is 3.12. The number of carbonyl (C=O) groups is 2. The van der Waals surface area contributed by atoms with E-state index in [0.717, 1.165) is 10.6 Å². The van der Waals surface area contributed by atoms with Crippen molar-refractivity contribution < 1.29 is 9.59 Å². The normalized spacial score (nSPS) is 9.82. The Balaban J connectivity index is 3.18. The molecule has 1 heterocycles. The van der Waals surface area contributed by atoms with Gasteiger partial charge >= 0.3 is 0 Å². The fourth-order valence-corrected chi connectivity index (χ4v) is 1.86. The fourth-order valence-electron chi connectivity index (χ4n) is 1.14. The molecular weight excluding hydrogens is 242 g/mol. The van der Waals surface area contributed by atoms with Crippen LogP contribution in [0, 0.1) is 0 Å². The largest absolute Gasteiger partial charge is 0.289 e. The Morgan fingerprint density at radius 1 is 1.24 bits per heavy atom. The van der Waals surface area contributed by atoms with Crippen molar-refractivity contribution in [3.8, 4) is 0 Å². The third kappa shape index (κ3) is 3.41. The molecule has 0 spiro atoms. The molecule has 0 saturated heterocycles. The molecule has 8 heteroatoms. The van der Waals surface area contributed by atoms with Crippen molar-refractivity contribution in [3.63, 3.8) is 0 Å². The number of pyridine rings is 1. The highest BCUT2D eigenvalue weighted by atomic mass is 32.2. The van der Waals surface area contributed by atoms with Crippen LogP contribution in [0.2, 0.25) is 0 Å². The van der Waals surface area contributed by atoms with Gasteiger partial charge in [-0.3, -0.25) is 20.4 Å². The number of aromatic nitrogens is 1. The van der Waals surface area contributed by atoms with E-state index in [1.54, 1.807) is 12.1 Å². The fraction of sp³-hybridized carbons (Fsp3) is 0.222. The van der Waals surface area contributed by atoms with Crippen LogP contribution in [-0.4, -0.2) is 22.6 Å². The molecule has 0 atom stereocenters. The summed E-state index contributed by atoms with van der Waals surface area (Å²) in [5.41, 5.74) is 4.07. The zero-order chi connectivity index (χ0) is 12.8. The molecule has 0 aliphatic rings. The van der Waals surface area contributed by atoms with Gasteiger partial charge in [-0.1, -0.05) is 6.92 Å². The Morgan fingerprint density at radius 3 is 2.06 bits per heavy atom. The van der Waals surface area contributed by atoms with Gasteiger partial charge in [0.2, 0.25) is 0 Å². The number of nitrogens with one attached hydrogen (secondary N) is 2. The van der Waals surface area contributed by atoms with Crippen molar-refractivity contribution in [1.82, 2.24) is 15.8 Å². The molecule has 2 amide bonds. The minimum absolute atomic E-state index is 0.0737. The lowest BCUT2D eigenvalue weighted by Gasteiger charge is -2.06. The van der Waals surface area contributed by atoms with Gasteiger partial charge in [-0.15, -0.1) is 11.8 Å². The molecule has 0 aromatic carbocycles. The summed E-state index contributed by atoms with van der Waals surface area (Å²) in [4.78, 5) is 27.3. The molecule has 0 radical (unpaired) electrons. The molecule has 92 valence electrons. The van der Waals surface area contributed by atoms with Gasteiger partial charge in [0.15, 0.2) is 0 Å². The lowest BCUT2D eigenvalue weighted by Crippen LogP contribution is -2.33. The van der Waals surface area contributed by atoms with E-state index >= 15 is 0 Å². The first-order chi connectivity index (χ1) is 8.12. The van der Waals surface area contributed by atoms with E-state index in [2.05, 4.69) is 4.98 Å². The summed E-state index contributed by atoms with van der Waals surface area (Å²) in [6.07, 6.45) is 0. The van der Waals surface area contributed by atoms with Crippen LogP contribution in [0.1, 0.15) is 27.9 Å². The van der Waals surface area contributed by atoms with Crippen molar-refractivity contribution in [2.75, 3.05) is 5.75 Å². The summed E-state index contributed by atoms with van der Waals surface area (Å²) in [5.74, 6) is 9.71. The van der Waals surface area contributed by atoms with Gasteiger partial charge < -0.3 is 0 Å². The van der Waals surface area contributed by atoms with Crippen LogP contribution in [0.15, 0.2) is 17.0 Å². The number of rotatable bonds is 4. The van der Waals surface area contributed by atoms with Crippen LogP contribution in [0.4, 0.5) is 0 Å². The first kappa shape index (κ1) is 13.4. The first-order valence-corrected chi connectivity index (χ1v) is 5.77. The summed E-state index contributed by atoms with van der Waals surface area (Å²) < 4.78 is 0. The van der Waals surface area contributed by atoms with Gasteiger partial charge in [-0.25, -0.2) is 16.7 Å². The van der Waals surface area contributed by atoms with Crippen LogP contribution in [-0.2, 0) is 0 Å². The molecule has 1 aromatic rings. The third-order valence-electron chi connectivity index (χ3n) is 1.84. The topological polar surface area (TPSA) is 123 Å². The number of hydrogen-bond donors (Lipinski definition) is 4. The molecule has 17 heavy (non-hydrogen) atoms. The van der Waals surface area contributed by atoms with Crippen LogP contribution < -0.4 is 22.5 Å². The van der Waals surface area contributed by atoms with E-state index in [9.17, 15) is 9.59 Å². The maximum atomic E-state index is 11.4. The van der Waals surface area contributed by atoms with Crippen molar-refractivity contribution in [2.24, 2.45) is 11.7 Å². The summed E-state index contributed by atoms with van der Waals surface area (Å²) >= 11 is 1.48. The third-order valence-corrected chi connectivity index (χ3v) is 2.70. The monoisotopic (exact) mass is 255 g/mol. The van der Waals surface area contributed by atoms with Gasteiger partial charge in [0.25, 0.3) is 11.8 Å². The van der Waals surface area contributed by atoms with E-state index in [1.165, 1.54) is 11.8 Å². The Labute approximate surface area is 102 Å². The highest BCUT2D eigenvalue weighted by molar-refractivity contribution is 7.99. The van der Waals surface area contributed by atoms with E-state index in [1.807, 2.05) is 17.8 Å². The average Bonchev–Trinajstić information content (AvgIpc) is 2.36.